The van der Waals surface area contributed by atoms with Crippen molar-refractivity contribution in [3.63, 3.8) is 0 Å². The Morgan fingerprint density at radius 2 is 1.60 bits per heavy atom. The first kappa shape index (κ1) is 27.9. The molecular weight excluding hydrogens is 436 g/mol. The van der Waals surface area contributed by atoms with Crippen molar-refractivity contribution in [1.82, 2.24) is 0 Å². The molecule has 3 aliphatic heterocycles. The van der Waals surface area contributed by atoms with E-state index in [1.54, 1.807) is 0 Å². The lowest BCUT2D eigenvalue weighted by Crippen LogP contribution is -2.37. The minimum Gasteiger partial charge on any atom is -0.458 e. The van der Waals surface area contributed by atoms with Crippen LogP contribution in [0.25, 0.3) is 0 Å². The number of carbonyl (C=O) groups is 1. The lowest BCUT2D eigenvalue weighted by atomic mass is 9.90. The van der Waals surface area contributed by atoms with Crippen LogP contribution in [-0.2, 0) is 19.0 Å². The van der Waals surface area contributed by atoms with Gasteiger partial charge in [0.1, 0.15) is 6.10 Å². The van der Waals surface area contributed by atoms with Crippen LogP contribution in [0.15, 0.2) is 47.6 Å². The maximum Gasteiger partial charge on any atom is 0.309 e. The molecule has 0 saturated carbocycles. The van der Waals surface area contributed by atoms with Crippen molar-refractivity contribution in [2.45, 2.75) is 135 Å². The molecule has 0 spiro atoms. The summed E-state index contributed by atoms with van der Waals surface area (Å²) in [5.74, 6) is 0.120. The summed E-state index contributed by atoms with van der Waals surface area (Å²) >= 11 is 0. The predicted molar refractivity (Wildman–Crippen MR) is 143 cm³/mol. The normalized spacial score (nSPS) is 35.5. The Morgan fingerprint density at radius 1 is 0.886 bits per heavy atom. The first-order chi connectivity index (χ1) is 17.0. The Hall–Kier alpha value is -1.65. The van der Waals surface area contributed by atoms with Gasteiger partial charge in [0, 0.05) is 6.42 Å². The van der Waals surface area contributed by atoms with E-state index in [1.165, 1.54) is 24.0 Å². The van der Waals surface area contributed by atoms with E-state index in [2.05, 4.69) is 45.9 Å². The fraction of sp³-hybridized carbons (Fsp3) is 0.710. The molecule has 3 heterocycles. The third-order valence-electron chi connectivity index (χ3n) is 7.86. The van der Waals surface area contributed by atoms with Crippen LogP contribution in [0.4, 0.5) is 0 Å². The van der Waals surface area contributed by atoms with Gasteiger partial charge in [0.05, 0.1) is 30.8 Å². The van der Waals surface area contributed by atoms with Crippen molar-refractivity contribution in [3.8, 4) is 0 Å². The SMILES string of the molecule is C/C=C1\CC2CC(=O)OC(/C=C/C=C\C=C(/C)CC)C(C)CCCCC3CCCC(CC(C1)O2)O3. The molecule has 0 aromatic carbocycles. The molecule has 4 nitrogen and oxygen atoms in total. The Labute approximate surface area is 213 Å². The largest absolute Gasteiger partial charge is 0.458 e. The van der Waals surface area contributed by atoms with E-state index in [0.29, 0.717) is 12.5 Å². The first-order valence-electron chi connectivity index (χ1n) is 14.1. The standard InChI is InChI=1S/C31H48O4/c1-5-23(3)13-8-7-9-18-30-24(4)14-10-11-15-26-16-12-17-27(33-26)21-28-19-25(6-2)20-29(34-28)22-31(32)35-30/h6-9,13,18,24,26-30H,5,10-12,14-17,19-22H2,1-4H3/b8-7-,18-9+,23-13+,25-6-. The number of hydrogen-bond acceptors (Lipinski definition) is 4. The average molecular weight is 485 g/mol. The molecule has 3 saturated heterocycles. The quantitative estimate of drug-likeness (QED) is 0.232. The number of rotatable bonds is 4. The van der Waals surface area contributed by atoms with Gasteiger partial charge >= 0.3 is 5.97 Å². The Kier molecular flexibility index (Phi) is 11.8. The van der Waals surface area contributed by atoms with E-state index >= 15 is 0 Å². The first-order valence-corrected chi connectivity index (χ1v) is 14.1. The summed E-state index contributed by atoms with van der Waals surface area (Å²) in [4.78, 5) is 13.0. The average Bonchev–Trinajstić information content (AvgIpc) is 2.84. The van der Waals surface area contributed by atoms with Crippen LogP contribution in [-0.4, -0.2) is 36.5 Å². The van der Waals surface area contributed by atoms with Crippen LogP contribution in [0.5, 0.6) is 0 Å². The summed E-state index contributed by atoms with van der Waals surface area (Å²) < 4.78 is 19.0. The van der Waals surface area contributed by atoms with Gasteiger partial charge in [-0.25, -0.2) is 0 Å². The summed E-state index contributed by atoms with van der Waals surface area (Å²) in [7, 11) is 0. The highest BCUT2D eigenvalue weighted by Gasteiger charge is 2.32. The number of ether oxygens (including phenoxy) is 3. The topological polar surface area (TPSA) is 44.8 Å². The van der Waals surface area contributed by atoms with Gasteiger partial charge in [-0.15, -0.1) is 0 Å². The van der Waals surface area contributed by atoms with Crippen molar-refractivity contribution in [2.24, 2.45) is 5.92 Å². The third kappa shape index (κ3) is 9.73. The minimum atomic E-state index is -0.216. The van der Waals surface area contributed by atoms with Gasteiger partial charge in [0.15, 0.2) is 0 Å². The molecule has 0 N–H and O–H groups in total. The van der Waals surface area contributed by atoms with E-state index in [4.69, 9.17) is 14.2 Å². The van der Waals surface area contributed by atoms with Crippen molar-refractivity contribution in [1.29, 1.82) is 0 Å². The number of fused-ring (bicyclic) bond motifs is 4. The second kappa shape index (κ2) is 14.8. The van der Waals surface area contributed by atoms with Gasteiger partial charge < -0.3 is 14.2 Å². The molecule has 4 heteroatoms. The summed E-state index contributed by atoms with van der Waals surface area (Å²) in [6.45, 7) is 8.59. The predicted octanol–water partition coefficient (Wildman–Crippen LogP) is 7.79. The van der Waals surface area contributed by atoms with Crippen molar-refractivity contribution in [3.05, 3.63) is 47.6 Å². The molecule has 3 fully saturated rings. The van der Waals surface area contributed by atoms with Crippen LogP contribution in [0.1, 0.15) is 105 Å². The smallest absolute Gasteiger partial charge is 0.309 e. The van der Waals surface area contributed by atoms with Gasteiger partial charge in [0.2, 0.25) is 0 Å². The second-order valence-electron chi connectivity index (χ2n) is 10.8. The lowest BCUT2D eigenvalue weighted by molar-refractivity contribution is -0.155. The number of allylic oxidation sites excluding steroid dienone is 6. The zero-order chi connectivity index (χ0) is 25.0. The Morgan fingerprint density at radius 3 is 2.40 bits per heavy atom. The number of cyclic esters (lactones) is 1. The molecule has 3 aliphatic rings. The molecule has 6 unspecified atom stereocenters. The molecule has 0 aromatic heterocycles. The van der Waals surface area contributed by atoms with Crippen LogP contribution >= 0.6 is 0 Å². The molecule has 6 atom stereocenters. The molecule has 0 amide bonds. The highest BCUT2D eigenvalue weighted by Crippen LogP contribution is 2.33. The van der Waals surface area contributed by atoms with Crippen molar-refractivity contribution >= 4 is 5.97 Å². The molecule has 0 radical (unpaired) electrons. The monoisotopic (exact) mass is 484 g/mol. The Bertz CT molecular complexity index is 777. The molecule has 4 bridgehead atoms. The summed E-state index contributed by atoms with van der Waals surface area (Å²) in [6.07, 6.45) is 25.1. The van der Waals surface area contributed by atoms with E-state index in [1.807, 2.05) is 18.2 Å². The summed E-state index contributed by atoms with van der Waals surface area (Å²) in [5.41, 5.74) is 2.73. The Balaban J connectivity index is 1.71. The highest BCUT2D eigenvalue weighted by atomic mass is 16.5. The summed E-state index contributed by atoms with van der Waals surface area (Å²) in [5, 5.41) is 0. The van der Waals surface area contributed by atoms with Gasteiger partial charge in [-0.05, 0) is 77.2 Å². The van der Waals surface area contributed by atoms with Gasteiger partial charge in [-0.3, -0.25) is 4.79 Å². The van der Waals surface area contributed by atoms with Crippen LogP contribution in [0.2, 0.25) is 0 Å². The molecule has 3 rings (SSSR count). The van der Waals surface area contributed by atoms with E-state index in [-0.39, 0.29) is 36.3 Å². The maximum atomic E-state index is 13.0. The lowest BCUT2D eigenvalue weighted by Gasteiger charge is -2.37. The number of carbonyl (C=O) groups excluding carboxylic acids is 1. The molecule has 0 aromatic rings. The zero-order valence-corrected chi connectivity index (χ0v) is 22.5. The zero-order valence-electron chi connectivity index (χ0n) is 22.5. The van der Waals surface area contributed by atoms with E-state index in [9.17, 15) is 4.79 Å². The van der Waals surface area contributed by atoms with Crippen LogP contribution in [0.3, 0.4) is 0 Å². The fourth-order valence-electron chi connectivity index (χ4n) is 5.50. The fourth-order valence-corrected chi connectivity index (χ4v) is 5.50. The number of hydrogen-bond donors (Lipinski definition) is 0. The van der Waals surface area contributed by atoms with E-state index in [0.717, 1.165) is 57.8 Å². The van der Waals surface area contributed by atoms with Gasteiger partial charge in [-0.2, -0.15) is 0 Å². The molecule has 0 aliphatic carbocycles. The molecular formula is C31H48O4. The molecule has 35 heavy (non-hydrogen) atoms. The van der Waals surface area contributed by atoms with E-state index < -0.39 is 0 Å². The van der Waals surface area contributed by atoms with Crippen LogP contribution in [0, 0.1) is 5.92 Å². The van der Waals surface area contributed by atoms with Gasteiger partial charge in [0.25, 0.3) is 0 Å². The third-order valence-corrected chi connectivity index (χ3v) is 7.86. The number of esters is 1. The maximum absolute atomic E-state index is 13.0. The summed E-state index contributed by atoms with van der Waals surface area (Å²) in [6, 6.07) is 0. The van der Waals surface area contributed by atoms with Gasteiger partial charge in [-0.1, -0.05) is 68.2 Å². The van der Waals surface area contributed by atoms with Crippen molar-refractivity contribution < 1.29 is 19.0 Å². The van der Waals surface area contributed by atoms with Crippen molar-refractivity contribution in [2.75, 3.05) is 0 Å². The second-order valence-corrected chi connectivity index (χ2v) is 10.8. The minimum absolute atomic E-state index is 0.110. The van der Waals surface area contributed by atoms with Crippen LogP contribution < -0.4 is 0 Å². The highest BCUT2D eigenvalue weighted by molar-refractivity contribution is 5.70. The molecule has 196 valence electrons.